The Morgan fingerprint density at radius 2 is 1.97 bits per heavy atom. The molecule has 0 unspecified atom stereocenters. The molecule has 7 heteroatoms. The average molecular weight is 431 g/mol. The standard InChI is InChI=1S/C23H27FN2O3S/c1-15(2)25(22(28)17-8-7-9-18(24)14-17)12-13-26-21(27)16(3)30-23(26)19-10-5-6-11-20(19)29-4/h5-11,14-16,23H,12-13H2,1-4H3/t16-,23-/m1/s1. The molecule has 3 rings (SSSR count). The first-order chi connectivity index (χ1) is 14.3. The molecule has 1 aliphatic heterocycles. The quantitative estimate of drug-likeness (QED) is 0.655. The van der Waals surface area contributed by atoms with Crippen LogP contribution in [0.5, 0.6) is 5.75 Å². The smallest absolute Gasteiger partial charge is 0.254 e. The Kier molecular flexibility index (Phi) is 7.02. The number of thioether (sulfide) groups is 1. The lowest BCUT2D eigenvalue weighted by molar-refractivity contribution is -0.130. The van der Waals surface area contributed by atoms with E-state index >= 15 is 0 Å². The maximum Gasteiger partial charge on any atom is 0.254 e. The molecule has 1 fully saturated rings. The van der Waals surface area contributed by atoms with Crippen LogP contribution in [0.1, 0.15) is 42.1 Å². The average Bonchev–Trinajstić information content (AvgIpc) is 3.01. The number of halogens is 1. The summed E-state index contributed by atoms with van der Waals surface area (Å²) < 4.78 is 19.1. The molecule has 0 bridgehead atoms. The second-order valence-electron chi connectivity index (χ2n) is 7.51. The maximum atomic E-state index is 13.6. The van der Waals surface area contributed by atoms with Crippen LogP contribution in [0.15, 0.2) is 48.5 Å². The van der Waals surface area contributed by atoms with Crippen molar-refractivity contribution in [2.24, 2.45) is 0 Å². The summed E-state index contributed by atoms with van der Waals surface area (Å²) in [6.07, 6.45) is 0. The van der Waals surface area contributed by atoms with E-state index in [-0.39, 0.29) is 28.5 Å². The molecule has 2 aromatic carbocycles. The predicted molar refractivity (Wildman–Crippen MR) is 117 cm³/mol. The molecule has 2 aromatic rings. The fourth-order valence-corrected chi connectivity index (χ4v) is 4.95. The van der Waals surface area contributed by atoms with Crippen LogP contribution in [0.3, 0.4) is 0 Å². The Morgan fingerprint density at radius 3 is 2.63 bits per heavy atom. The summed E-state index contributed by atoms with van der Waals surface area (Å²) in [6.45, 7) is 6.47. The van der Waals surface area contributed by atoms with Crippen LogP contribution in [0.4, 0.5) is 4.39 Å². The van der Waals surface area contributed by atoms with Gasteiger partial charge in [0.05, 0.1) is 12.4 Å². The molecule has 2 atom stereocenters. The maximum absolute atomic E-state index is 13.6. The van der Waals surface area contributed by atoms with Crippen molar-refractivity contribution in [3.05, 3.63) is 65.5 Å². The molecule has 160 valence electrons. The van der Waals surface area contributed by atoms with Gasteiger partial charge in [-0.2, -0.15) is 0 Å². The molecule has 1 aliphatic rings. The highest BCUT2D eigenvalue weighted by Crippen LogP contribution is 2.45. The van der Waals surface area contributed by atoms with Crippen molar-refractivity contribution in [2.45, 2.75) is 37.4 Å². The van der Waals surface area contributed by atoms with E-state index in [4.69, 9.17) is 4.74 Å². The fourth-order valence-electron chi connectivity index (χ4n) is 3.61. The SMILES string of the molecule is COc1ccccc1[C@H]1S[C@H](C)C(=O)N1CCN(C(=O)c1cccc(F)c1)C(C)C. The molecule has 0 aromatic heterocycles. The van der Waals surface area contributed by atoms with Gasteiger partial charge in [-0.05, 0) is 45.0 Å². The second kappa shape index (κ2) is 9.51. The van der Waals surface area contributed by atoms with Crippen molar-refractivity contribution in [3.63, 3.8) is 0 Å². The van der Waals surface area contributed by atoms with Gasteiger partial charge in [0.2, 0.25) is 5.91 Å². The number of benzene rings is 2. The molecular formula is C23H27FN2O3S. The van der Waals surface area contributed by atoms with Gasteiger partial charge in [-0.1, -0.05) is 24.3 Å². The van der Waals surface area contributed by atoms with Crippen LogP contribution in [0, 0.1) is 5.82 Å². The van der Waals surface area contributed by atoms with Crippen molar-refractivity contribution in [3.8, 4) is 5.75 Å². The molecule has 0 spiro atoms. The Balaban J connectivity index is 1.81. The summed E-state index contributed by atoms with van der Waals surface area (Å²) in [4.78, 5) is 29.3. The van der Waals surface area contributed by atoms with Gasteiger partial charge in [0.25, 0.3) is 5.91 Å². The summed E-state index contributed by atoms with van der Waals surface area (Å²) in [6, 6.07) is 13.3. The molecule has 0 saturated carbocycles. The third-order valence-corrected chi connectivity index (χ3v) is 6.57. The van der Waals surface area contributed by atoms with Crippen molar-refractivity contribution in [1.82, 2.24) is 9.80 Å². The van der Waals surface area contributed by atoms with Crippen LogP contribution < -0.4 is 4.74 Å². The number of amides is 2. The number of nitrogens with zero attached hydrogens (tertiary/aromatic N) is 2. The number of carbonyl (C=O) groups excluding carboxylic acids is 2. The monoisotopic (exact) mass is 430 g/mol. The first-order valence-electron chi connectivity index (χ1n) is 9.99. The van der Waals surface area contributed by atoms with E-state index in [9.17, 15) is 14.0 Å². The fraction of sp³-hybridized carbons (Fsp3) is 0.391. The van der Waals surface area contributed by atoms with Crippen LogP contribution >= 0.6 is 11.8 Å². The van der Waals surface area contributed by atoms with E-state index in [1.807, 2.05) is 45.0 Å². The molecule has 0 N–H and O–H groups in total. The molecule has 2 amide bonds. The van der Waals surface area contributed by atoms with Gasteiger partial charge in [-0.25, -0.2) is 4.39 Å². The summed E-state index contributed by atoms with van der Waals surface area (Å²) in [7, 11) is 1.62. The number of para-hydroxylation sites is 1. The van der Waals surface area contributed by atoms with E-state index in [1.165, 1.54) is 18.2 Å². The minimum atomic E-state index is -0.444. The number of hydrogen-bond donors (Lipinski definition) is 0. The summed E-state index contributed by atoms with van der Waals surface area (Å²) in [5, 5.41) is -0.353. The van der Waals surface area contributed by atoms with Gasteiger partial charge >= 0.3 is 0 Å². The van der Waals surface area contributed by atoms with E-state index in [1.54, 1.807) is 34.7 Å². The summed E-state index contributed by atoms with van der Waals surface area (Å²) >= 11 is 1.57. The topological polar surface area (TPSA) is 49.9 Å². The van der Waals surface area contributed by atoms with Crippen LogP contribution in [-0.4, -0.2) is 53.1 Å². The third-order valence-electron chi connectivity index (χ3n) is 5.19. The number of rotatable bonds is 7. The molecule has 1 saturated heterocycles. The number of methoxy groups -OCH3 is 1. The van der Waals surface area contributed by atoms with Crippen LogP contribution in [-0.2, 0) is 4.79 Å². The van der Waals surface area contributed by atoms with Crippen molar-refractivity contribution >= 4 is 23.6 Å². The van der Waals surface area contributed by atoms with E-state index < -0.39 is 5.82 Å². The molecular weight excluding hydrogens is 403 g/mol. The third kappa shape index (κ3) is 4.61. The first-order valence-corrected chi connectivity index (χ1v) is 10.9. The van der Waals surface area contributed by atoms with E-state index in [0.29, 0.717) is 18.7 Å². The van der Waals surface area contributed by atoms with Gasteiger partial charge < -0.3 is 14.5 Å². The highest BCUT2D eigenvalue weighted by molar-refractivity contribution is 8.01. The van der Waals surface area contributed by atoms with Crippen molar-refractivity contribution < 1.29 is 18.7 Å². The number of ether oxygens (including phenoxy) is 1. The van der Waals surface area contributed by atoms with Crippen molar-refractivity contribution in [2.75, 3.05) is 20.2 Å². The van der Waals surface area contributed by atoms with Gasteiger partial charge in [-0.15, -0.1) is 11.8 Å². The lowest BCUT2D eigenvalue weighted by Crippen LogP contribution is -2.43. The normalized spacial score (nSPS) is 18.7. The minimum absolute atomic E-state index is 0.0396. The first kappa shape index (κ1) is 22.2. The summed E-state index contributed by atoms with van der Waals surface area (Å²) in [5.41, 5.74) is 1.25. The molecule has 0 aliphatic carbocycles. The largest absolute Gasteiger partial charge is 0.496 e. The predicted octanol–water partition coefficient (Wildman–Crippen LogP) is 4.35. The molecule has 5 nitrogen and oxygen atoms in total. The number of carbonyl (C=O) groups is 2. The Morgan fingerprint density at radius 1 is 1.23 bits per heavy atom. The lowest BCUT2D eigenvalue weighted by atomic mass is 10.1. The van der Waals surface area contributed by atoms with Gasteiger partial charge in [0, 0.05) is 30.3 Å². The zero-order valence-electron chi connectivity index (χ0n) is 17.7. The van der Waals surface area contributed by atoms with Gasteiger partial charge in [0.1, 0.15) is 16.9 Å². The van der Waals surface area contributed by atoms with Crippen LogP contribution in [0.2, 0.25) is 0 Å². The Bertz CT molecular complexity index is 921. The van der Waals surface area contributed by atoms with Gasteiger partial charge in [0.15, 0.2) is 0 Å². The van der Waals surface area contributed by atoms with Crippen molar-refractivity contribution in [1.29, 1.82) is 0 Å². The zero-order valence-corrected chi connectivity index (χ0v) is 18.5. The molecule has 30 heavy (non-hydrogen) atoms. The molecule has 0 radical (unpaired) electrons. The zero-order chi connectivity index (χ0) is 21.8. The highest BCUT2D eigenvalue weighted by atomic mass is 32.2. The Hall–Kier alpha value is -2.54. The molecule has 1 heterocycles. The second-order valence-corrected chi connectivity index (χ2v) is 8.93. The number of hydrogen-bond acceptors (Lipinski definition) is 4. The Labute approximate surface area is 181 Å². The van der Waals surface area contributed by atoms with E-state index in [2.05, 4.69) is 0 Å². The minimum Gasteiger partial charge on any atom is -0.496 e. The highest BCUT2D eigenvalue weighted by Gasteiger charge is 2.39. The van der Waals surface area contributed by atoms with Gasteiger partial charge in [-0.3, -0.25) is 9.59 Å². The summed E-state index contributed by atoms with van der Waals surface area (Å²) in [5.74, 6) is 0.0858. The van der Waals surface area contributed by atoms with E-state index in [0.717, 1.165) is 11.3 Å². The van der Waals surface area contributed by atoms with Crippen LogP contribution in [0.25, 0.3) is 0 Å². The lowest BCUT2D eigenvalue weighted by Gasteiger charge is -2.31.